The molecule has 0 aliphatic carbocycles. The molecule has 0 aliphatic heterocycles. The van der Waals surface area contributed by atoms with E-state index < -0.39 is 5.24 Å². The topological polar surface area (TPSA) is 29.4 Å². The van der Waals surface area contributed by atoms with E-state index in [-0.39, 0.29) is 0 Å². The lowest BCUT2D eigenvalue weighted by Gasteiger charge is -1.61. The van der Waals surface area contributed by atoms with Crippen LogP contribution < -0.4 is 0 Å². The molecule has 0 spiro atoms. The zero-order valence-corrected chi connectivity index (χ0v) is 4.42. The Bertz CT molecular complexity index is 104. The second kappa shape index (κ2) is 3.03. The van der Waals surface area contributed by atoms with E-state index >= 15 is 0 Å². The number of thiocarbonyl (C=S) groups is 1. The first-order valence-electron chi connectivity index (χ1n) is 1.08. The van der Waals surface area contributed by atoms with Crippen LogP contribution in [0.25, 0.3) is 0 Å². The number of aliphatic imine (C=N–C) groups is 1. The molecule has 0 saturated heterocycles. The Morgan fingerprint density at radius 3 is 2.50 bits per heavy atom. The van der Waals surface area contributed by atoms with Crippen molar-refractivity contribution in [1.82, 2.24) is 0 Å². The van der Waals surface area contributed by atoms with E-state index in [4.69, 9.17) is 0 Å². The van der Waals surface area contributed by atoms with Crippen LogP contribution in [0.4, 0.5) is 4.79 Å². The standard InChI is InChI=1S/C2HNOS2/c4-2(6)3-1-5/h(H,4,6). The Morgan fingerprint density at radius 1 is 2.00 bits per heavy atom. The minimum Gasteiger partial charge on any atom is -0.259 e. The van der Waals surface area contributed by atoms with Gasteiger partial charge < -0.3 is 0 Å². The Labute approximate surface area is 45.7 Å². The maximum atomic E-state index is 9.61. The number of hydrogen-bond donors (Lipinski definition) is 1. The summed E-state index contributed by atoms with van der Waals surface area (Å²) in [5, 5.41) is 1.24. The maximum absolute atomic E-state index is 9.61. The highest BCUT2D eigenvalue weighted by Crippen LogP contribution is 1.78. The monoisotopic (exact) mass is 119 g/mol. The zero-order chi connectivity index (χ0) is 4.99. The number of isothiocyanates is 1. The number of hydrogen-bond acceptors (Lipinski definition) is 2. The summed E-state index contributed by atoms with van der Waals surface area (Å²) in [6, 6.07) is 0. The lowest BCUT2D eigenvalue weighted by atomic mass is 11.3. The van der Waals surface area contributed by atoms with Crippen LogP contribution in [0.5, 0.6) is 0 Å². The fourth-order valence-electron chi connectivity index (χ4n) is 0.0390. The van der Waals surface area contributed by atoms with Crippen molar-refractivity contribution < 1.29 is 4.79 Å². The molecular weight excluding hydrogens is 118 g/mol. The van der Waals surface area contributed by atoms with E-state index in [9.17, 15) is 4.79 Å². The van der Waals surface area contributed by atoms with Crippen molar-refractivity contribution in [2.45, 2.75) is 0 Å². The van der Waals surface area contributed by atoms with Crippen LogP contribution in [-0.4, -0.2) is 10.4 Å². The smallest absolute Gasteiger partial charge is 0.259 e. The average molecular weight is 119 g/mol. The molecule has 4 heteroatoms. The molecule has 0 radical (unpaired) electrons. The number of carbonyl (C=O) groups is 1. The molecule has 0 aromatic carbocycles. The van der Waals surface area contributed by atoms with Crippen LogP contribution in [0.1, 0.15) is 0 Å². The van der Waals surface area contributed by atoms with Crippen molar-refractivity contribution in [3.05, 3.63) is 0 Å². The fourth-order valence-corrected chi connectivity index (χ4v) is 0.240. The summed E-state index contributed by atoms with van der Waals surface area (Å²) in [4.78, 5) is 12.5. The molecule has 0 unspecified atom stereocenters. The van der Waals surface area contributed by atoms with Gasteiger partial charge in [-0.15, -0.1) is 4.99 Å². The summed E-state index contributed by atoms with van der Waals surface area (Å²) >= 11 is 7.29. The van der Waals surface area contributed by atoms with E-state index in [1.54, 1.807) is 0 Å². The summed E-state index contributed by atoms with van der Waals surface area (Å²) in [6.45, 7) is 0. The second-order valence-corrected chi connectivity index (χ2v) is 1.05. The molecule has 1 amide bonds. The molecule has 6 heavy (non-hydrogen) atoms. The SMILES string of the molecule is O=C(S)N=C=S. The van der Waals surface area contributed by atoms with E-state index in [2.05, 4.69) is 29.8 Å². The van der Waals surface area contributed by atoms with Gasteiger partial charge in [-0.1, -0.05) is 12.6 Å². The molecule has 0 heterocycles. The van der Waals surface area contributed by atoms with Crippen molar-refractivity contribution in [3.8, 4) is 0 Å². The summed E-state index contributed by atoms with van der Waals surface area (Å²) in [5.41, 5.74) is 0. The van der Waals surface area contributed by atoms with E-state index in [1.165, 1.54) is 0 Å². The lowest BCUT2D eigenvalue weighted by Crippen LogP contribution is -1.66. The Hall–Kier alpha value is -0.180. The molecule has 0 fully saturated rings. The highest BCUT2D eigenvalue weighted by molar-refractivity contribution is 7.96. The van der Waals surface area contributed by atoms with E-state index in [0.29, 0.717) is 0 Å². The quantitative estimate of drug-likeness (QED) is 0.294. The molecule has 0 N–H and O–H groups in total. The summed E-state index contributed by atoms with van der Waals surface area (Å²) in [5.74, 6) is 0. The predicted octanol–water partition coefficient (Wildman–Crippen LogP) is 1.14. The second-order valence-electron chi connectivity index (χ2n) is 0.486. The van der Waals surface area contributed by atoms with Gasteiger partial charge >= 0.3 is 5.24 Å². The highest BCUT2D eigenvalue weighted by atomic mass is 32.1. The Morgan fingerprint density at radius 2 is 2.50 bits per heavy atom. The Kier molecular flexibility index (Phi) is 2.94. The third-order valence-corrected chi connectivity index (χ3v) is 0.333. The van der Waals surface area contributed by atoms with Gasteiger partial charge in [0.15, 0.2) is 0 Å². The van der Waals surface area contributed by atoms with Gasteiger partial charge in [0.1, 0.15) is 0 Å². The van der Waals surface area contributed by atoms with Crippen molar-refractivity contribution in [2.75, 3.05) is 0 Å². The first-order valence-corrected chi connectivity index (χ1v) is 1.93. The van der Waals surface area contributed by atoms with Gasteiger partial charge in [0, 0.05) is 0 Å². The van der Waals surface area contributed by atoms with Gasteiger partial charge in [0.2, 0.25) is 0 Å². The lowest BCUT2D eigenvalue weighted by molar-refractivity contribution is 0.268. The van der Waals surface area contributed by atoms with Gasteiger partial charge in [-0.05, 0) is 12.2 Å². The Balaban J connectivity index is 3.60. The zero-order valence-electron chi connectivity index (χ0n) is 2.71. The summed E-state index contributed by atoms with van der Waals surface area (Å²) < 4.78 is 0. The molecule has 0 atom stereocenters. The molecule has 0 aromatic rings. The molecule has 0 aliphatic rings. The summed E-state index contributed by atoms with van der Waals surface area (Å²) in [7, 11) is 0. The molecule has 0 rings (SSSR count). The number of thiol groups is 1. The third kappa shape index (κ3) is 3.82. The highest BCUT2D eigenvalue weighted by Gasteiger charge is 1.75. The molecule has 0 bridgehead atoms. The van der Waals surface area contributed by atoms with Crippen LogP contribution in [0, 0.1) is 0 Å². The maximum Gasteiger partial charge on any atom is 0.310 e. The van der Waals surface area contributed by atoms with Crippen LogP contribution in [0.2, 0.25) is 0 Å². The summed E-state index contributed by atoms with van der Waals surface area (Å²) in [6.07, 6.45) is 0. The van der Waals surface area contributed by atoms with Gasteiger partial charge in [-0.2, -0.15) is 0 Å². The van der Waals surface area contributed by atoms with Crippen molar-refractivity contribution in [2.24, 2.45) is 4.99 Å². The average Bonchev–Trinajstić information content (AvgIpc) is 1.35. The minimum atomic E-state index is -0.606. The van der Waals surface area contributed by atoms with Crippen molar-refractivity contribution in [3.63, 3.8) is 0 Å². The van der Waals surface area contributed by atoms with E-state index in [1.807, 2.05) is 5.16 Å². The molecule has 2 nitrogen and oxygen atoms in total. The number of rotatable bonds is 0. The van der Waals surface area contributed by atoms with Gasteiger partial charge in [-0.3, -0.25) is 4.79 Å². The van der Waals surface area contributed by atoms with Gasteiger partial charge in [-0.25, -0.2) is 0 Å². The molecular formula is C2HNOS2. The van der Waals surface area contributed by atoms with Crippen molar-refractivity contribution >= 4 is 35.2 Å². The fraction of sp³-hybridized carbons (Fsp3) is 0. The van der Waals surface area contributed by atoms with Crippen LogP contribution in [-0.2, 0) is 0 Å². The number of amides is 1. The van der Waals surface area contributed by atoms with Gasteiger partial charge in [0.25, 0.3) is 0 Å². The van der Waals surface area contributed by atoms with Crippen molar-refractivity contribution in [1.29, 1.82) is 0 Å². The van der Waals surface area contributed by atoms with Crippen LogP contribution in [0.15, 0.2) is 4.99 Å². The number of nitrogens with zero attached hydrogens (tertiary/aromatic N) is 1. The molecule has 32 valence electrons. The third-order valence-electron chi connectivity index (χ3n) is 0.141. The largest absolute Gasteiger partial charge is 0.310 e. The normalized spacial score (nSPS) is 6.17. The van der Waals surface area contributed by atoms with Gasteiger partial charge in [0.05, 0.1) is 5.16 Å². The minimum absolute atomic E-state index is 0.606. The molecule has 0 aromatic heterocycles. The predicted molar refractivity (Wildman–Crippen MR) is 29.4 cm³/mol. The first-order chi connectivity index (χ1) is 2.77. The molecule has 0 saturated carbocycles. The van der Waals surface area contributed by atoms with Crippen LogP contribution in [0.3, 0.4) is 0 Å². The van der Waals surface area contributed by atoms with E-state index in [0.717, 1.165) is 0 Å². The first kappa shape index (κ1) is 5.82. The van der Waals surface area contributed by atoms with Crippen LogP contribution >= 0.6 is 24.8 Å². The number of carbonyl (C=O) groups excluding carboxylic acids is 1.